The Morgan fingerprint density at radius 2 is 1.86 bits per heavy atom. The lowest BCUT2D eigenvalue weighted by Crippen LogP contribution is -2.51. The second-order valence-electron chi connectivity index (χ2n) is 7.36. The van der Waals surface area contributed by atoms with Crippen molar-refractivity contribution in [3.05, 3.63) is 41.2 Å². The molecule has 2 aliphatic rings. The number of hydrogen-bond acceptors (Lipinski definition) is 6. The van der Waals surface area contributed by atoms with Crippen molar-refractivity contribution in [1.29, 1.82) is 0 Å². The highest BCUT2D eigenvalue weighted by molar-refractivity contribution is 6.01. The molecule has 2 N–H and O–H groups in total. The van der Waals surface area contributed by atoms with Gasteiger partial charge >= 0.3 is 0 Å². The SMILES string of the molecule is COc1ccc(-n2nc(C(C)=O)c3c2C(=O)N(C2CCN(N)CC2)CC3)cc1. The highest BCUT2D eigenvalue weighted by Gasteiger charge is 2.37. The van der Waals surface area contributed by atoms with Gasteiger partial charge in [-0.25, -0.2) is 9.69 Å². The molecule has 0 atom stereocenters. The van der Waals surface area contributed by atoms with Crippen LogP contribution >= 0.6 is 0 Å². The molecular formula is C20H25N5O3. The summed E-state index contributed by atoms with van der Waals surface area (Å²) in [5, 5.41) is 6.31. The molecule has 1 fully saturated rings. The Labute approximate surface area is 163 Å². The first-order valence-corrected chi connectivity index (χ1v) is 9.57. The fraction of sp³-hybridized carbons (Fsp3) is 0.450. The van der Waals surface area contributed by atoms with Crippen molar-refractivity contribution in [2.75, 3.05) is 26.7 Å². The summed E-state index contributed by atoms with van der Waals surface area (Å²) >= 11 is 0. The van der Waals surface area contributed by atoms with E-state index in [1.54, 1.807) is 16.8 Å². The maximum atomic E-state index is 13.4. The van der Waals surface area contributed by atoms with Gasteiger partial charge in [0.1, 0.15) is 17.1 Å². The lowest BCUT2D eigenvalue weighted by molar-refractivity contribution is 0.0543. The molecule has 1 aromatic heterocycles. The van der Waals surface area contributed by atoms with Crippen LogP contribution in [0.2, 0.25) is 0 Å². The van der Waals surface area contributed by atoms with E-state index in [-0.39, 0.29) is 17.7 Å². The summed E-state index contributed by atoms with van der Waals surface area (Å²) in [6.45, 7) is 3.65. The molecule has 0 unspecified atom stereocenters. The first-order valence-electron chi connectivity index (χ1n) is 9.57. The number of hydrazine groups is 1. The molecule has 8 nitrogen and oxygen atoms in total. The van der Waals surface area contributed by atoms with Crippen LogP contribution in [0.3, 0.4) is 0 Å². The number of aromatic nitrogens is 2. The predicted molar refractivity (Wildman–Crippen MR) is 104 cm³/mol. The van der Waals surface area contributed by atoms with E-state index in [9.17, 15) is 9.59 Å². The van der Waals surface area contributed by atoms with Crippen LogP contribution in [0.25, 0.3) is 5.69 Å². The van der Waals surface area contributed by atoms with E-state index in [1.807, 2.05) is 29.2 Å². The summed E-state index contributed by atoms with van der Waals surface area (Å²) in [4.78, 5) is 27.5. The van der Waals surface area contributed by atoms with Crippen molar-refractivity contribution in [1.82, 2.24) is 19.7 Å². The first-order chi connectivity index (χ1) is 13.5. The Morgan fingerprint density at radius 1 is 1.18 bits per heavy atom. The molecule has 3 heterocycles. The molecule has 1 amide bonds. The molecule has 4 rings (SSSR count). The molecule has 1 saturated heterocycles. The Hall–Kier alpha value is -2.71. The quantitative estimate of drug-likeness (QED) is 0.634. The molecule has 8 heteroatoms. The van der Waals surface area contributed by atoms with Crippen molar-refractivity contribution in [3.63, 3.8) is 0 Å². The summed E-state index contributed by atoms with van der Waals surface area (Å²) in [6.07, 6.45) is 2.34. The van der Waals surface area contributed by atoms with Crippen LogP contribution in [-0.2, 0) is 6.42 Å². The van der Waals surface area contributed by atoms with E-state index in [4.69, 9.17) is 10.6 Å². The van der Waals surface area contributed by atoms with Gasteiger partial charge in [0.05, 0.1) is 12.8 Å². The van der Waals surface area contributed by atoms with Crippen LogP contribution < -0.4 is 10.6 Å². The minimum atomic E-state index is -0.124. The number of carbonyl (C=O) groups is 2. The third-order valence-corrected chi connectivity index (χ3v) is 5.64. The van der Waals surface area contributed by atoms with Gasteiger partial charge in [-0.05, 0) is 43.5 Å². The van der Waals surface area contributed by atoms with Crippen LogP contribution in [0.15, 0.2) is 24.3 Å². The van der Waals surface area contributed by atoms with Crippen LogP contribution in [-0.4, -0.2) is 64.2 Å². The molecule has 1 aromatic carbocycles. The number of ketones is 1. The topological polar surface area (TPSA) is 93.7 Å². The molecule has 0 bridgehead atoms. The number of ether oxygens (including phenoxy) is 1. The van der Waals surface area contributed by atoms with Gasteiger partial charge in [-0.1, -0.05) is 0 Å². The van der Waals surface area contributed by atoms with Gasteiger partial charge in [-0.15, -0.1) is 0 Å². The summed E-state index contributed by atoms with van der Waals surface area (Å²) in [7, 11) is 1.60. The number of Topliss-reactive ketones (excluding diaryl/α,β-unsaturated/α-hetero) is 1. The van der Waals surface area contributed by atoms with Crippen molar-refractivity contribution < 1.29 is 14.3 Å². The molecular weight excluding hydrogens is 358 g/mol. The third-order valence-electron chi connectivity index (χ3n) is 5.64. The van der Waals surface area contributed by atoms with Gasteiger partial charge in [-0.2, -0.15) is 5.10 Å². The van der Waals surface area contributed by atoms with E-state index >= 15 is 0 Å². The summed E-state index contributed by atoms with van der Waals surface area (Å²) in [5.41, 5.74) is 2.37. The van der Waals surface area contributed by atoms with Gasteiger partial charge in [0.25, 0.3) is 5.91 Å². The zero-order valence-corrected chi connectivity index (χ0v) is 16.2. The van der Waals surface area contributed by atoms with E-state index in [0.717, 1.165) is 42.9 Å². The standard InChI is InChI=1S/C20H25N5O3/c1-13(26)18-17-9-12-24(14-7-10-23(21)11-8-14)20(27)19(17)25(22-18)15-3-5-16(28-2)6-4-15/h3-6,14H,7-12,21H2,1-2H3. The van der Waals surface area contributed by atoms with Crippen molar-refractivity contribution in [2.24, 2.45) is 5.84 Å². The number of fused-ring (bicyclic) bond motifs is 1. The number of hydrogen-bond donors (Lipinski definition) is 1. The lowest BCUT2D eigenvalue weighted by Gasteiger charge is -2.39. The van der Waals surface area contributed by atoms with Crippen LogP contribution in [0, 0.1) is 0 Å². The fourth-order valence-electron chi connectivity index (χ4n) is 4.12. The monoisotopic (exact) mass is 383 g/mol. The number of nitrogens with two attached hydrogens (primary N) is 1. The number of carbonyl (C=O) groups excluding carboxylic acids is 2. The fourth-order valence-corrected chi connectivity index (χ4v) is 4.12. The van der Waals surface area contributed by atoms with Crippen molar-refractivity contribution in [2.45, 2.75) is 32.2 Å². The summed E-state index contributed by atoms with van der Waals surface area (Å²) < 4.78 is 6.82. The molecule has 0 radical (unpaired) electrons. The predicted octanol–water partition coefficient (Wildman–Crippen LogP) is 1.42. The third kappa shape index (κ3) is 3.18. The summed E-state index contributed by atoms with van der Waals surface area (Å²) in [6, 6.07) is 7.49. The molecule has 0 aliphatic carbocycles. The van der Waals surface area contributed by atoms with Gasteiger partial charge in [-0.3, -0.25) is 15.4 Å². The zero-order chi connectivity index (χ0) is 19.8. The summed E-state index contributed by atoms with van der Waals surface area (Å²) in [5.74, 6) is 6.40. The van der Waals surface area contributed by atoms with Gasteiger partial charge < -0.3 is 9.64 Å². The van der Waals surface area contributed by atoms with Crippen molar-refractivity contribution in [3.8, 4) is 11.4 Å². The van der Waals surface area contributed by atoms with E-state index in [1.165, 1.54) is 6.92 Å². The average molecular weight is 383 g/mol. The molecule has 0 spiro atoms. The lowest BCUT2D eigenvalue weighted by atomic mass is 9.97. The van der Waals surface area contributed by atoms with Gasteiger partial charge in [0, 0.05) is 38.2 Å². The Bertz CT molecular complexity index is 897. The largest absolute Gasteiger partial charge is 0.497 e. The van der Waals surface area contributed by atoms with E-state index in [2.05, 4.69) is 5.10 Å². The molecule has 2 aliphatic heterocycles. The van der Waals surface area contributed by atoms with E-state index < -0.39 is 0 Å². The maximum Gasteiger partial charge on any atom is 0.273 e. The Kier molecular flexibility index (Phi) is 4.91. The number of amides is 1. The molecule has 2 aromatic rings. The second kappa shape index (κ2) is 7.37. The first kappa shape index (κ1) is 18.6. The van der Waals surface area contributed by atoms with Gasteiger partial charge in [0.15, 0.2) is 5.78 Å². The van der Waals surface area contributed by atoms with E-state index in [0.29, 0.717) is 24.4 Å². The highest BCUT2D eigenvalue weighted by Crippen LogP contribution is 2.29. The zero-order valence-electron chi connectivity index (χ0n) is 16.2. The molecule has 0 saturated carbocycles. The van der Waals surface area contributed by atoms with Crippen LogP contribution in [0.5, 0.6) is 5.75 Å². The van der Waals surface area contributed by atoms with Crippen LogP contribution in [0.1, 0.15) is 46.3 Å². The normalized spacial score (nSPS) is 18.2. The average Bonchev–Trinajstić information content (AvgIpc) is 3.10. The number of rotatable bonds is 4. The maximum absolute atomic E-state index is 13.4. The smallest absolute Gasteiger partial charge is 0.273 e. The second-order valence-corrected chi connectivity index (χ2v) is 7.36. The number of nitrogens with zero attached hydrogens (tertiary/aromatic N) is 4. The molecule has 28 heavy (non-hydrogen) atoms. The number of methoxy groups -OCH3 is 1. The van der Waals surface area contributed by atoms with Gasteiger partial charge in [0.2, 0.25) is 0 Å². The minimum Gasteiger partial charge on any atom is -0.497 e. The number of piperidine rings is 1. The van der Waals surface area contributed by atoms with Crippen molar-refractivity contribution >= 4 is 11.7 Å². The Balaban J connectivity index is 1.74. The minimum absolute atomic E-state index is 0.0625. The molecule has 148 valence electrons. The van der Waals surface area contributed by atoms with Crippen LogP contribution in [0.4, 0.5) is 0 Å². The Morgan fingerprint density at radius 3 is 2.46 bits per heavy atom. The number of benzene rings is 1. The highest BCUT2D eigenvalue weighted by atomic mass is 16.5.